The third-order valence-corrected chi connectivity index (χ3v) is 11.1. The first kappa shape index (κ1) is 21.4. The maximum atomic E-state index is 12.8. The molecule has 4 nitrogen and oxygen atoms in total. The summed E-state index contributed by atoms with van der Waals surface area (Å²) in [5.74, 6) is 0.848. The lowest BCUT2D eigenvalue weighted by atomic mass is 10.2. The lowest BCUT2D eigenvalue weighted by Gasteiger charge is -2.16. The van der Waals surface area contributed by atoms with Crippen molar-refractivity contribution in [2.24, 2.45) is 0 Å². The Bertz CT molecular complexity index is 529. The van der Waals surface area contributed by atoms with Gasteiger partial charge in [0.15, 0.2) is 0 Å². The van der Waals surface area contributed by atoms with E-state index in [1.165, 1.54) is 22.8 Å². The zero-order chi connectivity index (χ0) is 17.3. The number of aromatic nitrogens is 2. The van der Waals surface area contributed by atoms with Gasteiger partial charge < -0.3 is 4.52 Å². The molecule has 0 aromatic carbocycles. The van der Waals surface area contributed by atoms with Gasteiger partial charge in [0.2, 0.25) is 0 Å². The van der Waals surface area contributed by atoms with Crippen LogP contribution in [0.25, 0.3) is 0 Å². The molecule has 23 heavy (non-hydrogen) atoms. The maximum Gasteiger partial charge on any atom is 0.313 e. The number of thioether (sulfide) groups is 1. The number of rotatable bonds is 11. The molecule has 0 aliphatic rings. The second-order valence-corrected chi connectivity index (χ2v) is 13.9. The molecule has 0 aliphatic carbocycles. The first-order valence-electron chi connectivity index (χ1n) is 7.98. The third-order valence-electron chi connectivity index (χ3n) is 2.69. The molecular formula is C15H27N2O2PS3. The average molecular weight is 395 g/mol. The Kier molecular flexibility index (Phi) is 10.3. The lowest BCUT2D eigenvalue weighted by Crippen LogP contribution is -2.02. The summed E-state index contributed by atoms with van der Waals surface area (Å²) in [6.45, 7) is 10.7. The lowest BCUT2D eigenvalue weighted by molar-refractivity contribution is 0.357. The molecule has 0 aliphatic heterocycles. The van der Waals surface area contributed by atoms with Crippen molar-refractivity contribution in [2.45, 2.75) is 57.7 Å². The van der Waals surface area contributed by atoms with Gasteiger partial charge in [0.05, 0.1) is 12.3 Å². The van der Waals surface area contributed by atoms with Crippen LogP contribution in [0.4, 0.5) is 0 Å². The fourth-order valence-electron chi connectivity index (χ4n) is 1.66. The Morgan fingerprint density at radius 3 is 2.52 bits per heavy atom. The van der Waals surface area contributed by atoms with E-state index in [1.807, 2.05) is 13.0 Å². The summed E-state index contributed by atoms with van der Waals surface area (Å²) in [5, 5.41) is 0.995. The minimum atomic E-state index is -2.70. The summed E-state index contributed by atoms with van der Waals surface area (Å²) >= 11 is 4.54. The predicted octanol–water partition coefficient (Wildman–Crippen LogP) is 6.23. The van der Waals surface area contributed by atoms with Crippen molar-refractivity contribution >= 4 is 40.3 Å². The zero-order valence-corrected chi connectivity index (χ0v) is 17.9. The largest absolute Gasteiger partial charge is 0.314 e. The van der Waals surface area contributed by atoms with Crippen LogP contribution in [-0.4, -0.2) is 28.1 Å². The normalized spacial score (nSPS) is 14.2. The van der Waals surface area contributed by atoms with Crippen LogP contribution >= 0.6 is 40.3 Å². The monoisotopic (exact) mass is 394 g/mol. The fourth-order valence-corrected chi connectivity index (χ4v) is 8.93. The van der Waals surface area contributed by atoms with Crippen molar-refractivity contribution in [2.75, 3.05) is 18.1 Å². The van der Waals surface area contributed by atoms with Crippen molar-refractivity contribution in [3.8, 4) is 0 Å². The molecule has 0 saturated carbocycles. The summed E-state index contributed by atoms with van der Waals surface area (Å²) in [6, 6.07) is 2.01. The molecule has 1 heterocycles. The van der Waals surface area contributed by atoms with Gasteiger partial charge >= 0.3 is 5.77 Å². The van der Waals surface area contributed by atoms with Gasteiger partial charge in [-0.15, -0.1) is 11.8 Å². The predicted molar refractivity (Wildman–Crippen MR) is 106 cm³/mol. The molecule has 1 unspecified atom stereocenters. The molecule has 1 atom stereocenters. The van der Waals surface area contributed by atoms with Gasteiger partial charge in [0.25, 0.3) is 0 Å². The molecule has 0 radical (unpaired) electrons. The Morgan fingerprint density at radius 1 is 1.22 bits per heavy atom. The van der Waals surface area contributed by atoms with Crippen LogP contribution in [0.15, 0.2) is 11.1 Å². The summed E-state index contributed by atoms with van der Waals surface area (Å²) in [7, 11) is 0. The topological polar surface area (TPSA) is 52.1 Å². The molecular weight excluding hydrogens is 367 g/mol. The van der Waals surface area contributed by atoms with Crippen molar-refractivity contribution in [3.63, 3.8) is 0 Å². The SMILES string of the molecule is CCCSP(=O)(OCC)SCc1cc(SCC)nc(C(C)C)n1. The maximum absolute atomic E-state index is 12.8. The average Bonchev–Trinajstić information content (AvgIpc) is 2.51. The molecule has 8 heteroatoms. The highest BCUT2D eigenvalue weighted by atomic mass is 33.1. The molecule has 1 rings (SSSR count). The van der Waals surface area contributed by atoms with E-state index >= 15 is 0 Å². The highest BCUT2D eigenvalue weighted by Crippen LogP contribution is 2.70. The smallest absolute Gasteiger partial charge is 0.313 e. The zero-order valence-electron chi connectivity index (χ0n) is 14.6. The standard InChI is InChI=1S/C15H27N2O2PS3/c1-6-9-22-20(18,19-7-2)23-11-13-10-14(21-8-3)17-15(16-13)12(4)5/h10,12H,6-9,11H2,1-5H3. The fraction of sp³-hybridized carbons (Fsp3) is 0.733. The molecule has 0 saturated heterocycles. The summed E-state index contributed by atoms with van der Waals surface area (Å²) in [4.78, 5) is 9.22. The van der Waals surface area contributed by atoms with Crippen LogP contribution < -0.4 is 0 Å². The first-order valence-corrected chi connectivity index (χ1v) is 13.8. The van der Waals surface area contributed by atoms with Crippen LogP contribution in [-0.2, 0) is 14.8 Å². The van der Waals surface area contributed by atoms with E-state index in [-0.39, 0.29) is 5.92 Å². The minimum Gasteiger partial charge on any atom is -0.314 e. The molecule has 1 aromatic rings. The van der Waals surface area contributed by atoms with Crippen LogP contribution in [0.3, 0.4) is 0 Å². The Labute approximate surface area is 152 Å². The summed E-state index contributed by atoms with van der Waals surface area (Å²) < 4.78 is 18.4. The van der Waals surface area contributed by atoms with Gasteiger partial charge in [-0.1, -0.05) is 50.5 Å². The van der Waals surface area contributed by atoms with Crippen molar-refractivity contribution in [3.05, 3.63) is 17.6 Å². The van der Waals surface area contributed by atoms with E-state index < -0.39 is 5.77 Å². The van der Waals surface area contributed by atoms with Crippen LogP contribution in [0.1, 0.15) is 58.5 Å². The Morgan fingerprint density at radius 2 is 1.96 bits per heavy atom. The number of hydrogen-bond acceptors (Lipinski definition) is 7. The summed E-state index contributed by atoms with van der Waals surface area (Å²) in [5.41, 5.74) is 0.932. The quantitative estimate of drug-likeness (QED) is 0.250. The second-order valence-electron chi connectivity index (χ2n) is 5.12. The highest BCUT2D eigenvalue weighted by Gasteiger charge is 2.24. The minimum absolute atomic E-state index is 0.282. The molecule has 0 spiro atoms. The van der Waals surface area contributed by atoms with Crippen molar-refractivity contribution in [1.82, 2.24) is 9.97 Å². The van der Waals surface area contributed by atoms with E-state index in [0.717, 1.165) is 34.5 Å². The summed E-state index contributed by atoms with van der Waals surface area (Å²) in [6.07, 6.45) is 0.991. The van der Waals surface area contributed by atoms with E-state index in [1.54, 1.807) is 11.8 Å². The van der Waals surface area contributed by atoms with E-state index in [9.17, 15) is 4.57 Å². The third kappa shape index (κ3) is 7.82. The highest BCUT2D eigenvalue weighted by molar-refractivity contribution is 8.89. The molecule has 0 N–H and O–H groups in total. The van der Waals surface area contributed by atoms with E-state index in [0.29, 0.717) is 12.4 Å². The van der Waals surface area contributed by atoms with Gasteiger partial charge in [0, 0.05) is 17.4 Å². The van der Waals surface area contributed by atoms with E-state index in [2.05, 4.69) is 37.7 Å². The van der Waals surface area contributed by atoms with Gasteiger partial charge in [-0.2, -0.15) is 0 Å². The number of hydrogen-bond donors (Lipinski definition) is 0. The van der Waals surface area contributed by atoms with Crippen LogP contribution in [0.2, 0.25) is 0 Å². The molecule has 1 aromatic heterocycles. The van der Waals surface area contributed by atoms with Crippen LogP contribution in [0, 0.1) is 0 Å². The van der Waals surface area contributed by atoms with Gasteiger partial charge in [-0.25, -0.2) is 9.97 Å². The molecule has 0 fully saturated rings. The van der Waals surface area contributed by atoms with Crippen molar-refractivity contribution in [1.29, 1.82) is 0 Å². The van der Waals surface area contributed by atoms with Crippen molar-refractivity contribution < 1.29 is 9.09 Å². The second kappa shape index (κ2) is 11.0. The Balaban J connectivity index is 2.87. The number of nitrogens with zero attached hydrogens (tertiary/aromatic N) is 2. The molecule has 0 amide bonds. The van der Waals surface area contributed by atoms with E-state index in [4.69, 9.17) is 4.52 Å². The van der Waals surface area contributed by atoms with Gasteiger partial charge in [0.1, 0.15) is 10.9 Å². The molecule has 0 bridgehead atoms. The van der Waals surface area contributed by atoms with Gasteiger partial charge in [-0.05, 0) is 25.2 Å². The van der Waals surface area contributed by atoms with Crippen LogP contribution in [0.5, 0.6) is 0 Å². The first-order chi connectivity index (χ1) is 10.9. The molecule has 132 valence electrons. The van der Waals surface area contributed by atoms with Gasteiger partial charge in [-0.3, -0.25) is 4.57 Å². The Hall–Kier alpha value is 0.320.